The molecule has 1 heterocycles. The number of aryl methyl sites for hydroxylation is 1. The molecule has 0 N–H and O–H groups in total. The molecule has 4 aromatic rings. The maximum absolute atomic E-state index is 6.42. The van der Waals surface area contributed by atoms with Crippen LogP contribution >= 0.6 is 15.9 Å². The monoisotopic (exact) mass is 440 g/mol. The van der Waals surface area contributed by atoms with E-state index in [2.05, 4.69) is 108 Å². The first-order chi connectivity index (χ1) is 14.3. The Bertz CT molecular complexity index is 1180. The maximum Gasteiger partial charge on any atom is 0.134 e. The summed E-state index contributed by atoms with van der Waals surface area (Å²) in [6, 6.07) is 32.1. The summed E-state index contributed by atoms with van der Waals surface area (Å²) in [6.45, 7) is 2.18. The molecule has 1 atom stereocenters. The minimum Gasteiger partial charge on any atom is -0.456 e. The largest absolute Gasteiger partial charge is 0.456 e. The van der Waals surface area contributed by atoms with Crippen molar-refractivity contribution in [3.63, 3.8) is 0 Å². The summed E-state index contributed by atoms with van der Waals surface area (Å²) in [4.78, 5) is 0. The second kappa shape index (κ2) is 7.53. The average molecular weight is 441 g/mol. The molecule has 0 spiro atoms. The van der Waals surface area contributed by atoms with E-state index in [0.29, 0.717) is 0 Å². The zero-order valence-electron chi connectivity index (χ0n) is 16.2. The first-order valence-corrected chi connectivity index (χ1v) is 10.8. The Morgan fingerprint density at radius 1 is 0.759 bits per heavy atom. The molecular formula is C27H21BrO. The lowest BCUT2D eigenvalue weighted by Crippen LogP contribution is -2.14. The number of hydrogen-bond acceptors (Lipinski definition) is 1. The van der Waals surface area contributed by atoms with Crippen molar-refractivity contribution in [3.8, 4) is 22.6 Å². The second-order valence-electron chi connectivity index (χ2n) is 7.33. The molecule has 1 nitrogen and oxygen atoms in total. The topological polar surface area (TPSA) is 9.23 Å². The minimum atomic E-state index is 0.104. The Labute approximate surface area is 180 Å². The van der Waals surface area contributed by atoms with Crippen molar-refractivity contribution in [2.45, 2.75) is 19.3 Å². The fourth-order valence-corrected chi connectivity index (χ4v) is 4.93. The van der Waals surface area contributed by atoms with Crippen molar-refractivity contribution in [1.82, 2.24) is 0 Å². The van der Waals surface area contributed by atoms with Crippen molar-refractivity contribution in [2.24, 2.45) is 0 Å². The lowest BCUT2D eigenvalue weighted by atomic mass is 9.79. The molecule has 0 aliphatic carbocycles. The van der Waals surface area contributed by atoms with E-state index in [1.165, 1.54) is 33.4 Å². The number of halogens is 1. The van der Waals surface area contributed by atoms with Gasteiger partial charge in [-0.15, -0.1) is 0 Å². The smallest absolute Gasteiger partial charge is 0.134 e. The summed E-state index contributed by atoms with van der Waals surface area (Å²) in [6.07, 6.45) is 0.944. The van der Waals surface area contributed by atoms with Gasteiger partial charge in [-0.05, 0) is 40.8 Å². The average Bonchev–Trinajstić information content (AvgIpc) is 2.78. The van der Waals surface area contributed by atoms with E-state index in [9.17, 15) is 0 Å². The van der Waals surface area contributed by atoms with Crippen LogP contribution in [0.4, 0.5) is 0 Å². The quantitative estimate of drug-likeness (QED) is 0.276. The molecule has 2 heteroatoms. The van der Waals surface area contributed by atoms with Gasteiger partial charge in [-0.3, -0.25) is 0 Å². The van der Waals surface area contributed by atoms with E-state index >= 15 is 0 Å². The first kappa shape index (κ1) is 18.2. The van der Waals surface area contributed by atoms with Crippen LogP contribution in [0, 0.1) is 0 Å². The van der Waals surface area contributed by atoms with Gasteiger partial charge < -0.3 is 4.74 Å². The summed E-state index contributed by atoms with van der Waals surface area (Å²) >= 11 is 3.88. The van der Waals surface area contributed by atoms with E-state index in [1.54, 1.807) is 0 Å². The number of fused-ring (bicyclic) bond motifs is 2. The molecule has 29 heavy (non-hydrogen) atoms. The lowest BCUT2D eigenvalue weighted by Gasteiger charge is -2.32. The Hall–Kier alpha value is -2.84. The van der Waals surface area contributed by atoms with Gasteiger partial charge in [0.15, 0.2) is 0 Å². The minimum absolute atomic E-state index is 0.104. The Balaban J connectivity index is 1.83. The molecule has 1 unspecified atom stereocenters. The van der Waals surface area contributed by atoms with Gasteiger partial charge in [-0.1, -0.05) is 102 Å². The molecule has 1 aliphatic heterocycles. The van der Waals surface area contributed by atoms with Gasteiger partial charge in [-0.25, -0.2) is 0 Å². The summed E-state index contributed by atoms with van der Waals surface area (Å²) in [5.41, 5.74) is 7.43. The van der Waals surface area contributed by atoms with Crippen LogP contribution in [0.5, 0.6) is 11.5 Å². The molecule has 0 radical (unpaired) electrons. The lowest BCUT2D eigenvalue weighted by molar-refractivity contribution is 0.447. The van der Waals surface area contributed by atoms with Crippen molar-refractivity contribution in [1.29, 1.82) is 0 Å². The molecular weight excluding hydrogens is 420 g/mol. The van der Waals surface area contributed by atoms with Crippen LogP contribution in [0.25, 0.3) is 11.1 Å². The van der Waals surface area contributed by atoms with Gasteiger partial charge in [-0.2, -0.15) is 0 Å². The highest BCUT2D eigenvalue weighted by molar-refractivity contribution is 9.10. The number of hydrogen-bond donors (Lipinski definition) is 0. The van der Waals surface area contributed by atoms with Crippen LogP contribution in [0.3, 0.4) is 0 Å². The zero-order valence-corrected chi connectivity index (χ0v) is 17.8. The molecule has 0 amide bonds. The van der Waals surface area contributed by atoms with Crippen LogP contribution in [0.1, 0.15) is 35.1 Å². The molecule has 1 aliphatic rings. The maximum atomic E-state index is 6.42. The summed E-state index contributed by atoms with van der Waals surface area (Å²) in [5, 5.41) is 0. The molecule has 0 bridgehead atoms. The number of benzene rings is 4. The van der Waals surface area contributed by atoms with Crippen LogP contribution < -0.4 is 4.74 Å². The van der Waals surface area contributed by atoms with Crippen LogP contribution in [0.15, 0.2) is 95.5 Å². The van der Waals surface area contributed by atoms with Crippen LogP contribution in [0.2, 0.25) is 0 Å². The summed E-state index contributed by atoms with van der Waals surface area (Å²) in [5.74, 6) is 2.06. The molecule has 0 fully saturated rings. The van der Waals surface area contributed by atoms with E-state index in [1.807, 2.05) is 6.07 Å². The fourth-order valence-electron chi connectivity index (χ4n) is 4.34. The predicted molar refractivity (Wildman–Crippen MR) is 123 cm³/mol. The summed E-state index contributed by atoms with van der Waals surface area (Å²) in [7, 11) is 0. The molecule has 5 rings (SSSR count). The fraction of sp³-hybridized carbons (Fsp3) is 0.111. The summed E-state index contributed by atoms with van der Waals surface area (Å²) < 4.78 is 7.54. The van der Waals surface area contributed by atoms with E-state index in [0.717, 1.165) is 22.4 Å². The van der Waals surface area contributed by atoms with Gasteiger partial charge >= 0.3 is 0 Å². The number of rotatable bonds is 3. The highest BCUT2D eigenvalue weighted by Gasteiger charge is 2.32. The van der Waals surface area contributed by atoms with Crippen molar-refractivity contribution < 1.29 is 4.74 Å². The molecule has 0 saturated carbocycles. The molecule has 142 valence electrons. The molecule has 4 aromatic carbocycles. The van der Waals surface area contributed by atoms with E-state index in [4.69, 9.17) is 4.74 Å². The molecule has 0 saturated heterocycles. The second-order valence-corrected chi connectivity index (χ2v) is 8.18. The Morgan fingerprint density at radius 3 is 2.31 bits per heavy atom. The number of para-hydroxylation sites is 2. The number of ether oxygens (including phenoxy) is 1. The third-order valence-electron chi connectivity index (χ3n) is 5.69. The Kier molecular flexibility index (Phi) is 4.73. The SMILES string of the molecule is CCc1cccc2c1Oc1ccccc1C2c1c(Br)cccc1-c1ccccc1. The van der Waals surface area contributed by atoms with Gasteiger partial charge in [0.1, 0.15) is 11.5 Å². The highest BCUT2D eigenvalue weighted by Crippen LogP contribution is 2.51. The Morgan fingerprint density at radius 2 is 1.48 bits per heavy atom. The van der Waals surface area contributed by atoms with Gasteiger partial charge in [0.2, 0.25) is 0 Å². The zero-order chi connectivity index (χ0) is 19.8. The third-order valence-corrected chi connectivity index (χ3v) is 6.38. The third kappa shape index (κ3) is 3.08. The van der Waals surface area contributed by atoms with E-state index in [-0.39, 0.29) is 5.92 Å². The van der Waals surface area contributed by atoms with Crippen molar-refractivity contribution >= 4 is 15.9 Å². The first-order valence-electron chi connectivity index (χ1n) is 10.00. The molecule has 0 aromatic heterocycles. The standard InChI is InChI=1S/C27H21BrO/c1-2-18-12-8-15-22-25(21-13-6-7-17-24(21)29-27(18)22)26-20(14-9-16-23(26)28)19-10-4-3-5-11-19/h3-17,25H,2H2,1H3. The van der Waals surface area contributed by atoms with Gasteiger partial charge in [0, 0.05) is 21.5 Å². The predicted octanol–water partition coefficient (Wildman–Crippen LogP) is 7.96. The van der Waals surface area contributed by atoms with E-state index < -0.39 is 0 Å². The normalized spacial score (nSPS) is 14.6. The van der Waals surface area contributed by atoms with Crippen LogP contribution in [-0.2, 0) is 6.42 Å². The van der Waals surface area contributed by atoms with Gasteiger partial charge in [0.25, 0.3) is 0 Å². The van der Waals surface area contributed by atoms with Gasteiger partial charge in [0.05, 0.1) is 0 Å². The van der Waals surface area contributed by atoms with Crippen molar-refractivity contribution in [3.05, 3.63) is 118 Å². The highest BCUT2D eigenvalue weighted by atomic mass is 79.9. The van der Waals surface area contributed by atoms with Crippen molar-refractivity contribution in [2.75, 3.05) is 0 Å². The van der Waals surface area contributed by atoms with Crippen LogP contribution in [-0.4, -0.2) is 0 Å².